The third-order valence-electron chi connectivity index (χ3n) is 3.50. The molecular weight excluding hydrogens is 208 g/mol. The van der Waals surface area contributed by atoms with E-state index in [-0.39, 0.29) is 29.2 Å². The molecule has 0 radical (unpaired) electrons. The fourth-order valence-corrected chi connectivity index (χ4v) is 2.62. The van der Waals surface area contributed by atoms with Gasteiger partial charge in [0.2, 0.25) is 11.9 Å². The number of piperidine rings is 1. The van der Waals surface area contributed by atoms with Gasteiger partial charge in [-0.15, -0.1) is 0 Å². The molecule has 2 aliphatic rings. The quantitative estimate of drug-likeness (QED) is 0.436. The Hall–Kier alpha value is -1.39. The Labute approximate surface area is 94.1 Å². The van der Waals surface area contributed by atoms with Gasteiger partial charge in [0.05, 0.1) is 6.04 Å². The summed E-state index contributed by atoms with van der Waals surface area (Å²) in [6.45, 7) is 0. The molecule has 2 rings (SSSR count). The molecule has 1 N–H and O–H groups in total. The maximum atomic E-state index is 11.3. The van der Waals surface area contributed by atoms with Gasteiger partial charge in [-0.1, -0.05) is 12.2 Å². The summed E-state index contributed by atoms with van der Waals surface area (Å²) < 4.78 is 0. The number of hydrogen-bond donors (Lipinski definition) is 1. The summed E-state index contributed by atoms with van der Waals surface area (Å²) in [6, 6.07) is -0.879. The second-order valence-corrected chi connectivity index (χ2v) is 4.53. The molecular formula is C11H16N2O3. The van der Waals surface area contributed by atoms with E-state index in [2.05, 4.69) is 17.5 Å². The number of rotatable bonds is 2. The van der Waals surface area contributed by atoms with E-state index in [9.17, 15) is 14.9 Å². The standard InChI is InChI=1S/C11H16N2O3/c14-10-7-6-9(13(15)16)11(12-10)8-4-2-1-3-5-8/h1-2,8-9,11H,3-7H2,(H,12,14)/t8-,9-,11+/m1/s1. The summed E-state index contributed by atoms with van der Waals surface area (Å²) >= 11 is 0. The zero-order valence-electron chi connectivity index (χ0n) is 9.09. The number of nitrogens with one attached hydrogen (secondary N) is 1. The molecule has 1 heterocycles. The highest BCUT2D eigenvalue weighted by Gasteiger charge is 2.41. The normalized spacial score (nSPS) is 34.5. The van der Waals surface area contributed by atoms with Gasteiger partial charge in [-0.05, 0) is 25.2 Å². The average Bonchev–Trinajstić information content (AvgIpc) is 2.29. The van der Waals surface area contributed by atoms with Crippen LogP contribution < -0.4 is 5.32 Å². The topological polar surface area (TPSA) is 72.2 Å². The van der Waals surface area contributed by atoms with Gasteiger partial charge < -0.3 is 5.32 Å². The summed E-state index contributed by atoms with van der Waals surface area (Å²) in [7, 11) is 0. The van der Waals surface area contributed by atoms with Crippen LogP contribution in [-0.4, -0.2) is 22.9 Å². The number of nitro groups is 1. The molecule has 1 aliphatic carbocycles. The third kappa shape index (κ3) is 2.23. The van der Waals surface area contributed by atoms with E-state index in [1.165, 1.54) is 0 Å². The first-order valence-corrected chi connectivity index (χ1v) is 5.76. The molecule has 1 amide bonds. The number of amides is 1. The van der Waals surface area contributed by atoms with Gasteiger partial charge in [0.15, 0.2) is 0 Å². The molecule has 1 fully saturated rings. The minimum absolute atomic E-state index is 0.0438. The van der Waals surface area contributed by atoms with Crippen LogP contribution in [0.4, 0.5) is 0 Å². The molecule has 0 aromatic heterocycles. The van der Waals surface area contributed by atoms with Crippen LogP contribution in [0.25, 0.3) is 0 Å². The second-order valence-electron chi connectivity index (χ2n) is 4.53. The van der Waals surface area contributed by atoms with Crippen molar-refractivity contribution in [3.8, 4) is 0 Å². The predicted molar refractivity (Wildman–Crippen MR) is 58.4 cm³/mol. The van der Waals surface area contributed by atoms with Gasteiger partial charge in [-0.3, -0.25) is 14.9 Å². The Morgan fingerprint density at radius 2 is 2.19 bits per heavy atom. The van der Waals surface area contributed by atoms with Crippen LogP contribution in [0.15, 0.2) is 12.2 Å². The lowest BCUT2D eigenvalue weighted by atomic mass is 9.81. The molecule has 1 saturated heterocycles. The van der Waals surface area contributed by atoms with Gasteiger partial charge in [0.1, 0.15) is 0 Å². The van der Waals surface area contributed by atoms with Crippen LogP contribution in [0.1, 0.15) is 32.1 Å². The van der Waals surface area contributed by atoms with Crippen molar-refractivity contribution in [2.75, 3.05) is 0 Å². The lowest BCUT2D eigenvalue weighted by Crippen LogP contribution is -2.55. The zero-order valence-corrected chi connectivity index (χ0v) is 9.09. The van der Waals surface area contributed by atoms with E-state index in [4.69, 9.17) is 0 Å². The Kier molecular flexibility index (Phi) is 3.22. The van der Waals surface area contributed by atoms with Crippen LogP contribution in [0.3, 0.4) is 0 Å². The first kappa shape index (κ1) is 11.1. The Balaban J connectivity index is 2.10. The number of hydrogen-bond acceptors (Lipinski definition) is 3. The molecule has 0 spiro atoms. The summed E-state index contributed by atoms with van der Waals surface area (Å²) in [5.74, 6) is 0.183. The van der Waals surface area contributed by atoms with Gasteiger partial charge in [-0.2, -0.15) is 0 Å². The smallest absolute Gasteiger partial charge is 0.233 e. The van der Waals surface area contributed by atoms with Crippen LogP contribution in [0.2, 0.25) is 0 Å². The third-order valence-corrected chi connectivity index (χ3v) is 3.50. The lowest BCUT2D eigenvalue weighted by molar-refractivity contribution is -0.530. The number of carbonyl (C=O) groups excluding carboxylic acids is 1. The molecule has 0 saturated carbocycles. The number of allylic oxidation sites excluding steroid dienone is 2. The molecule has 88 valence electrons. The van der Waals surface area contributed by atoms with E-state index in [0.717, 1.165) is 19.3 Å². The molecule has 0 aromatic carbocycles. The van der Waals surface area contributed by atoms with Crippen LogP contribution in [-0.2, 0) is 4.79 Å². The van der Waals surface area contributed by atoms with Crippen LogP contribution in [0.5, 0.6) is 0 Å². The fourth-order valence-electron chi connectivity index (χ4n) is 2.62. The van der Waals surface area contributed by atoms with Crippen molar-refractivity contribution >= 4 is 5.91 Å². The monoisotopic (exact) mass is 224 g/mol. The number of carbonyl (C=O) groups is 1. The van der Waals surface area contributed by atoms with Gasteiger partial charge >= 0.3 is 0 Å². The first-order valence-electron chi connectivity index (χ1n) is 5.76. The van der Waals surface area contributed by atoms with E-state index >= 15 is 0 Å². The highest BCUT2D eigenvalue weighted by atomic mass is 16.6. The maximum Gasteiger partial charge on any atom is 0.233 e. The Morgan fingerprint density at radius 1 is 1.38 bits per heavy atom. The van der Waals surface area contributed by atoms with Crippen molar-refractivity contribution < 1.29 is 9.72 Å². The molecule has 0 aromatic rings. The van der Waals surface area contributed by atoms with Crippen LogP contribution >= 0.6 is 0 Å². The van der Waals surface area contributed by atoms with E-state index in [1.54, 1.807) is 0 Å². The molecule has 0 bridgehead atoms. The molecule has 0 unspecified atom stereocenters. The zero-order chi connectivity index (χ0) is 11.5. The minimum atomic E-state index is -0.603. The highest BCUT2D eigenvalue weighted by Crippen LogP contribution is 2.28. The van der Waals surface area contributed by atoms with Crippen molar-refractivity contribution in [2.45, 2.75) is 44.2 Å². The maximum absolute atomic E-state index is 11.3. The molecule has 1 aliphatic heterocycles. The SMILES string of the molecule is O=C1CC[C@@H]([N+](=O)[O-])[C@H]([C@@H]2CC=CCC2)N1. The summed E-state index contributed by atoms with van der Waals surface area (Å²) in [5.41, 5.74) is 0. The van der Waals surface area contributed by atoms with Crippen LogP contribution in [0, 0.1) is 16.0 Å². The van der Waals surface area contributed by atoms with Crippen molar-refractivity contribution in [2.24, 2.45) is 5.92 Å². The largest absolute Gasteiger partial charge is 0.346 e. The number of nitrogens with zero attached hydrogens (tertiary/aromatic N) is 1. The van der Waals surface area contributed by atoms with Gasteiger partial charge in [0.25, 0.3) is 0 Å². The minimum Gasteiger partial charge on any atom is -0.346 e. The fraction of sp³-hybridized carbons (Fsp3) is 0.727. The molecule has 5 nitrogen and oxygen atoms in total. The summed E-state index contributed by atoms with van der Waals surface area (Å²) in [6.07, 6.45) is 7.56. The van der Waals surface area contributed by atoms with Gasteiger partial charge in [0, 0.05) is 17.8 Å². The van der Waals surface area contributed by atoms with E-state index < -0.39 is 6.04 Å². The van der Waals surface area contributed by atoms with Gasteiger partial charge in [-0.25, -0.2) is 0 Å². The van der Waals surface area contributed by atoms with Crippen molar-refractivity contribution in [1.29, 1.82) is 0 Å². The molecule has 16 heavy (non-hydrogen) atoms. The molecule has 5 heteroatoms. The lowest BCUT2D eigenvalue weighted by Gasteiger charge is -2.33. The van der Waals surface area contributed by atoms with Crippen molar-refractivity contribution in [3.63, 3.8) is 0 Å². The Bertz CT molecular complexity index is 327. The molecule has 3 atom stereocenters. The summed E-state index contributed by atoms with van der Waals surface area (Å²) in [5, 5.41) is 13.8. The highest BCUT2D eigenvalue weighted by molar-refractivity contribution is 5.77. The second kappa shape index (κ2) is 4.63. The average molecular weight is 224 g/mol. The van der Waals surface area contributed by atoms with Crippen molar-refractivity contribution in [3.05, 3.63) is 22.3 Å². The van der Waals surface area contributed by atoms with E-state index in [1.807, 2.05) is 0 Å². The first-order chi connectivity index (χ1) is 7.68. The Morgan fingerprint density at radius 3 is 2.81 bits per heavy atom. The van der Waals surface area contributed by atoms with E-state index in [0.29, 0.717) is 6.42 Å². The van der Waals surface area contributed by atoms with Crippen molar-refractivity contribution in [1.82, 2.24) is 5.32 Å². The summed E-state index contributed by atoms with van der Waals surface area (Å²) in [4.78, 5) is 22.0. The predicted octanol–water partition coefficient (Wildman–Crippen LogP) is 1.27.